The lowest BCUT2D eigenvalue weighted by molar-refractivity contribution is -0.154. The van der Waals surface area contributed by atoms with Gasteiger partial charge in [0.2, 0.25) is 19.2 Å². The first kappa shape index (κ1) is 29.5. The number of hydrogen-bond acceptors (Lipinski definition) is 10. The Hall–Kier alpha value is -5.01. The van der Waals surface area contributed by atoms with Gasteiger partial charge in [0, 0.05) is 30.8 Å². The van der Waals surface area contributed by atoms with Crippen LogP contribution in [0, 0.1) is 0 Å². The number of carbonyl (C=O) groups excluding carboxylic acids is 4. The molecule has 0 saturated carbocycles. The molecule has 0 fully saturated rings. The standard InChI is InChI=1S/C26H29N5O9/c1-4-11-27-25-28-20-13-30(14-32)16(2)12-19(20)24(37)31(25)18-7-5-17(6-8-18)23(36)29(3)26(38)40-15-39-22(35)10-9-21(33)34/h4-8,14,16H,1,9-13,15H2,2-3H3,(H,27,28)(H,33,34)/t16-/m1/s1. The Balaban J connectivity index is 1.77. The smallest absolute Gasteiger partial charge is 0.419 e. The summed E-state index contributed by atoms with van der Waals surface area (Å²) in [6, 6.07) is 5.72. The molecule has 1 aromatic carbocycles. The first-order valence-electron chi connectivity index (χ1n) is 12.2. The van der Waals surface area contributed by atoms with Gasteiger partial charge in [-0.15, -0.1) is 6.58 Å². The Morgan fingerprint density at radius 2 is 1.90 bits per heavy atom. The topological polar surface area (TPSA) is 177 Å². The van der Waals surface area contributed by atoms with Crippen molar-refractivity contribution in [2.45, 2.75) is 38.8 Å². The minimum Gasteiger partial charge on any atom is -0.481 e. The van der Waals surface area contributed by atoms with Gasteiger partial charge < -0.3 is 24.8 Å². The number of anilines is 1. The fraction of sp³-hybridized carbons (Fsp3) is 0.346. The van der Waals surface area contributed by atoms with E-state index in [0.717, 1.165) is 6.41 Å². The highest BCUT2D eigenvalue weighted by atomic mass is 16.7. The summed E-state index contributed by atoms with van der Waals surface area (Å²) >= 11 is 0. The molecule has 0 spiro atoms. The van der Waals surface area contributed by atoms with Crippen LogP contribution in [-0.4, -0.2) is 81.2 Å². The van der Waals surface area contributed by atoms with Crippen molar-refractivity contribution in [3.63, 3.8) is 0 Å². The van der Waals surface area contributed by atoms with Crippen molar-refractivity contribution in [3.05, 3.63) is 64.1 Å². The summed E-state index contributed by atoms with van der Waals surface area (Å²) in [5.41, 5.74) is 1.19. The highest BCUT2D eigenvalue weighted by molar-refractivity contribution is 6.02. The van der Waals surface area contributed by atoms with Gasteiger partial charge >= 0.3 is 18.0 Å². The van der Waals surface area contributed by atoms with Crippen LogP contribution in [0.5, 0.6) is 0 Å². The average molecular weight is 556 g/mol. The first-order valence-corrected chi connectivity index (χ1v) is 12.2. The van der Waals surface area contributed by atoms with E-state index in [1.807, 2.05) is 6.92 Å². The van der Waals surface area contributed by atoms with Gasteiger partial charge in [-0.2, -0.15) is 0 Å². The second-order valence-corrected chi connectivity index (χ2v) is 8.85. The Morgan fingerprint density at radius 3 is 2.52 bits per heavy atom. The van der Waals surface area contributed by atoms with E-state index in [2.05, 4.69) is 21.6 Å². The Bertz CT molecular complexity index is 1370. The van der Waals surface area contributed by atoms with Crippen LogP contribution in [0.15, 0.2) is 41.7 Å². The Kier molecular flexibility index (Phi) is 9.73. The summed E-state index contributed by atoms with van der Waals surface area (Å²) in [6.07, 6.45) is 0.749. The molecule has 0 bridgehead atoms. The fourth-order valence-corrected chi connectivity index (χ4v) is 3.89. The van der Waals surface area contributed by atoms with Crippen molar-refractivity contribution >= 4 is 36.3 Å². The second-order valence-electron chi connectivity index (χ2n) is 8.85. The number of rotatable bonds is 11. The monoisotopic (exact) mass is 555 g/mol. The number of carboxylic acids is 1. The van der Waals surface area contributed by atoms with Gasteiger partial charge in [-0.3, -0.25) is 24.0 Å². The van der Waals surface area contributed by atoms with Crippen LogP contribution in [0.4, 0.5) is 10.7 Å². The fourth-order valence-electron chi connectivity index (χ4n) is 3.89. The SMILES string of the molecule is C=CCNc1nc2c(c(=O)n1-c1ccc(C(=O)N(C)C(=O)OCOC(=O)CCC(=O)O)cc1)C[C@@H](C)N(C=O)C2. The number of aliphatic carboxylic acids is 1. The van der Waals surface area contributed by atoms with Crippen LogP contribution in [0.2, 0.25) is 0 Å². The van der Waals surface area contributed by atoms with Gasteiger partial charge in [0.15, 0.2) is 0 Å². The zero-order valence-electron chi connectivity index (χ0n) is 22.0. The number of carbonyl (C=O) groups is 5. The lowest BCUT2D eigenvalue weighted by atomic mass is 10.0. The highest BCUT2D eigenvalue weighted by Gasteiger charge is 2.28. The molecule has 3 amide bonds. The van der Waals surface area contributed by atoms with Crippen molar-refractivity contribution in [1.82, 2.24) is 19.4 Å². The van der Waals surface area contributed by atoms with E-state index in [-0.39, 0.29) is 29.7 Å². The summed E-state index contributed by atoms with van der Waals surface area (Å²) in [4.78, 5) is 78.6. The largest absolute Gasteiger partial charge is 0.481 e. The molecule has 3 rings (SSSR count). The maximum Gasteiger partial charge on any atom is 0.419 e. The molecule has 2 N–H and O–H groups in total. The van der Waals surface area contributed by atoms with Crippen LogP contribution in [-0.2, 0) is 36.8 Å². The summed E-state index contributed by atoms with van der Waals surface area (Å²) < 4.78 is 10.7. The van der Waals surface area contributed by atoms with Gasteiger partial charge in [0.05, 0.1) is 30.8 Å². The first-order chi connectivity index (χ1) is 19.1. The molecule has 212 valence electrons. The average Bonchev–Trinajstić information content (AvgIpc) is 2.94. The summed E-state index contributed by atoms with van der Waals surface area (Å²) in [7, 11) is 1.17. The number of aromatic nitrogens is 2. The number of amides is 3. The van der Waals surface area contributed by atoms with Gasteiger partial charge in [-0.25, -0.2) is 19.2 Å². The second kappa shape index (κ2) is 13.2. The molecule has 14 heteroatoms. The van der Waals surface area contributed by atoms with Crippen LogP contribution in [0.3, 0.4) is 0 Å². The lowest BCUT2D eigenvalue weighted by Gasteiger charge is -2.31. The van der Waals surface area contributed by atoms with Crippen molar-refractivity contribution in [2.24, 2.45) is 0 Å². The zero-order chi connectivity index (χ0) is 29.4. The normalized spacial score (nSPS) is 13.9. The molecule has 2 aromatic rings. The molecule has 0 unspecified atom stereocenters. The zero-order valence-corrected chi connectivity index (χ0v) is 22.0. The molecule has 2 heterocycles. The summed E-state index contributed by atoms with van der Waals surface area (Å²) in [5, 5.41) is 11.6. The van der Waals surface area contributed by atoms with E-state index in [1.54, 1.807) is 11.0 Å². The third-order valence-electron chi connectivity index (χ3n) is 6.10. The van der Waals surface area contributed by atoms with Gasteiger partial charge in [0.25, 0.3) is 11.5 Å². The number of benzene rings is 1. The van der Waals surface area contributed by atoms with Crippen LogP contribution in [0.1, 0.15) is 41.4 Å². The Labute approximate surface area is 228 Å². The van der Waals surface area contributed by atoms with E-state index in [4.69, 9.17) is 9.84 Å². The molecular weight excluding hydrogens is 526 g/mol. The number of carboxylic acid groups (broad SMARTS) is 1. The van der Waals surface area contributed by atoms with E-state index in [1.165, 1.54) is 35.9 Å². The van der Waals surface area contributed by atoms with Crippen LogP contribution < -0.4 is 10.9 Å². The van der Waals surface area contributed by atoms with Crippen molar-refractivity contribution in [3.8, 4) is 5.69 Å². The van der Waals surface area contributed by atoms with Crippen LogP contribution >= 0.6 is 0 Å². The van der Waals surface area contributed by atoms with Gasteiger partial charge in [-0.1, -0.05) is 6.08 Å². The highest BCUT2D eigenvalue weighted by Crippen LogP contribution is 2.22. The van der Waals surface area contributed by atoms with E-state index >= 15 is 0 Å². The Morgan fingerprint density at radius 1 is 1.20 bits per heavy atom. The maximum atomic E-state index is 13.5. The minimum atomic E-state index is -1.18. The summed E-state index contributed by atoms with van der Waals surface area (Å²) in [5.74, 6) is -2.54. The van der Waals surface area contributed by atoms with Gasteiger partial charge in [0.1, 0.15) is 0 Å². The predicted octanol–water partition coefficient (Wildman–Crippen LogP) is 1.31. The quantitative estimate of drug-likeness (QED) is 0.177. The maximum absolute atomic E-state index is 13.5. The molecule has 0 saturated heterocycles. The lowest BCUT2D eigenvalue weighted by Crippen LogP contribution is -2.42. The van der Waals surface area contributed by atoms with Crippen molar-refractivity contribution in [1.29, 1.82) is 0 Å². The molecule has 1 aliphatic heterocycles. The molecule has 1 atom stereocenters. The number of esters is 1. The number of nitrogens with zero attached hydrogens (tertiary/aromatic N) is 4. The molecular formula is C26H29N5O9. The molecule has 1 aliphatic rings. The van der Waals surface area contributed by atoms with Crippen molar-refractivity contribution < 1.29 is 38.6 Å². The molecule has 0 aliphatic carbocycles. The molecule has 0 radical (unpaired) electrons. The number of hydrogen-bond donors (Lipinski definition) is 2. The third kappa shape index (κ3) is 6.89. The number of ether oxygens (including phenoxy) is 2. The van der Waals surface area contributed by atoms with E-state index in [0.29, 0.717) is 34.8 Å². The van der Waals surface area contributed by atoms with E-state index < -0.39 is 43.6 Å². The van der Waals surface area contributed by atoms with Crippen LogP contribution in [0.25, 0.3) is 5.69 Å². The number of fused-ring (bicyclic) bond motifs is 1. The number of imide groups is 1. The molecule has 1 aromatic heterocycles. The number of nitrogens with one attached hydrogen (secondary N) is 1. The third-order valence-corrected chi connectivity index (χ3v) is 6.10. The predicted molar refractivity (Wildman–Crippen MR) is 140 cm³/mol. The minimum absolute atomic E-state index is 0.108. The molecule has 40 heavy (non-hydrogen) atoms. The van der Waals surface area contributed by atoms with E-state index in [9.17, 15) is 28.8 Å². The summed E-state index contributed by atoms with van der Waals surface area (Å²) in [6.45, 7) is 5.25. The van der Waals surface area contributed by atoms with Crippen molar-refractivity contribution in [2.75, 3.05) is 25.7 Å². The van der Waals surface area contributed by atoms with Gasteiger partial charge in [-0.05, 0) is 37.6 Å². The molecule has 14 nitrogen and oxygen atoms in total.